The van der Waals surface area contributed by atoms with Crippen molar-refractivity contribution >= 4 is 0 Å². The smallest absolute Gasteiger partial charge is 0.0701 e. The van der Waals surface area contributed by atoms with Crippen molar-refractivity contribution in [1.82, 2.24) is 15.1 Å². The molecule has 0 aromatic carbocycles. The van der Waals surface area contributed by atoms with E-state index < -0.39 is 0 Å². The molecule has 118 valence electrons. The first-order valence-corrected chi connectivity index (χ1v) is 7.71. The van der Waals surface area contributed by atoms with Crippen LogP contribution in [0, 0.1) is 0 Å². The summed E-state index contributed by atoms with van der Waals surface area (Å²) >= 11 is 0. The van der Waals surface area contributed by atoms with Crippen molar-refractivity contribution in [2.24, 2.45) is 0 Å². The van der Waals surface area contributed by atoms with E-state index in [2.05, 4.69) is 15.1 Å². The zero-order valence-electron chi connectivity index (χ0n) is 12.7. The zero-order valence-corrected chi connectivity index (χ0v) is 12.7. The van der Waals surface area contributed by atoms with Gasteiger partial charge < -0.3 is 19.5 Å². The number of hydrogen-bond donors (Lipinski definition) is 1. The number of nitrogens with one attached hydrogen (secondary N) is 1. The number of rotatable bonds is 10. The molecule has 6 heteroatoms. The second kappa shape index (κ2) is 9.65. The van der Waals surface area contributed by atoms with E-state index in [4.69, 9.17) is 14.2 Å². The lowest BCUT2D eigenvalue weighted by Gasteiger charge is -2.43. The van der Waals surface area contributed by atoms with Gasteiger partial charge in [-0.15, -0.1) is 0 Å². The third kappa shape index (κ3) is 5.63. The van der Waals surface area contributed by atoms with Gasteiger partial charge in [-0.05, 0) is 0 Å². The van der Waals surface area contributed by atoms with E-state index in [0.29, 0.717) is 26.4 Å². The normalized spacial score (nSPS) is 22.1. The maximum Gasteiger partial charge on any atom is 0.0701 e. The fourth-order valence-electron chi connectivity index (χ4n) is 2.54. The summed E-state index contributed by atoms with van der Waals surface area (Å²) in [5, 5.41) is 3.34. The fourth-order valence-corrected chi connectivity index (χ4v) is 2.54. The molecule has 0 saturated carbocycles. The van der Waals surface area contributed by atoms with Gasteiger partial charge in [0, 0.05) is 59.0 Å². The fraction of sp³-hybridized carbons (Fsp3) is 1.00. The first-order valence-electron chi connectivity index (χ1n) is 7.71. The van der Waals surface area contributed by atoms with Crippen LogP contribution in [0.1, 0.15) is 0 Å². The molecule has 0 aliphatic carbocycles. The summed E-state index contributed by atoms with van der Waals surface area (Å²) in [7, 11) is 1.68. The summed E-state index contributed by atoms with van der Waals surface area (Å²) in [6.45, 7) is 11.6. The van der Waals surface area contributed by atoms with Crippen LogP contribution in [0.15, 0.2) is 0 Å². The van der Waals surface area contributed by atoms with Gasteiger partial charge in [0.2, 0.25) is 0 Å². The molecule has 0 bridgehead atoms. The lowest BCUT2D eigenvalue weighted by Crippen LogP contribution is -2.61. The highest BCUT2D eigenvalue weighted by atomic mass is 16.5. The van der Waals surface area contributed by atoms with E-state index in [1.165, 1.54) is 39.3 Å². The van der Waals surface area contributed by atoms with Gasteiger partial charge in [-0.25, -0.2) is 0 Å². The van der Waals surface area contributed by atoms with Crippen molar-refractivity contribution in [1.29, 1.82) is 0 Å². The van der Waals surface area contributed by atoms with E-state index in [0.717, 1.165) is 19.2 Å². The van der Waals surface area contributed by atoms with E-state index in [1.807, 2.05) is 0 Å². The lowest BCUT2D eigenvalue weighted by molar-refractivity contribution is 0.0121. The Labute approximate surface area is 122 Å². The van der Waals surface area contributed by atoms with Gasteiger partial charge in [-0.3, -0.25) is 9.80 Å². The third-order valence-electron chi connectivity index (χ3n) is 4.04. The van der Waals surface area contributed by atoms with Gasteiger partial charge in [-0.1, -0.05) is 0 Å². The predicted molar refractivity (Wildman–Crippen MR) is 78.2 cm³/mol. The highest BCUT2D eigenvalue weighted by Gasteiger charge is 2.27. The first kappa shape index (κ1) is 16.1. The van der Waals surface area contributed by atoms with Crippen LogP contribution in [0.2, 0.25) is 0 Å². The monoisotopic (exact) mass is 287 g/mol. The van der Waals surface area contributed by atoms with Gasteiger partial charge in [0.05, 0.1) is 33.0 Å². The van der Waals surface area contributed by atoms with Crippen molar-refractivity contribution in [3.8, 4) is 0 Å². The molecule has 6 nitrogen and oxygen atoms in total. The molecule has 2 aliphatic rings. The molecule has 0 aromatic heterocycles. The van der Waals surface area contributed by atoms with Crippen LogP contribution in [0.5, 0.6) is 0 Å². The Morgan fingerprint density at radius 3 is 2.15 bits per heavy atom. The standard InChI is InChI=1S/C14H29N3O3/c1-18-8-9-20-11-10-19-7-6-16-2-4-17(5-3-16)14-12-15-13-14/h14-15H,2-13H2,1H3. The quantitative estimate of drug-likeness (QED) is 0.534. The second-order valence-electron chi connectivity index (χ2n) is 5.41. The van der Waals surface area contributed by atoms with Crippen LogP contribution in [0.4, 0.5) is 0 Å². The molecule has 2 heterocycles. The number of hydrogen-bond acceptors (Lipinski definition) is 6. The summed E-state index contributed by atoms with van der Waals surface area (Å²) in [6.07, 6.45) is 0. The number of ether oxygens (including phenoxy) is 3. The molecule has 2 fully saturated rings. The van der Waals surface area contributed by atoms with Crippen LogP contribution < -0.4 is 5.32 Å². The molecule has 2 saturated heterocycles. The highest BCUT2D eigenvalue weighted by Crippen LogP contribution is 2.09. The second-order valence-corrected chi connectivity index (χ2v) is 5.41. The molecular formula is C14H29N3O3. The van der Waals surface area contributed by atoms with Crippen LogP contribution >= 0.6 is 0 Å². The summed E-state index contributed by atoms with van der Waals surface area (Å²) in [4.78, 5) is 5.10. The van der Waals surface area contributed by atoms with Crippen LogP contribution in [-0.2, 0) is 14.2 Å². The Hall–Kier alpha value is -0.240. The summed E-state index contributed by atoms with van der Waals surface area (Å²) < 4.78 is 15.8. The summed E-state index contributed by atoms with van der Waals surface area (Å²) in [5.41, 5.74) is 0. The average Bonchev–Trinajstić information content (AvgIpc) is 2.42. The van der Waals surface area contributed by atoms with Crippen LogP contribution in [0.3, 0.4) is 0 Å². The molecule has 1 N–H and O–H groups in total. The molecular weight excluding hydrogens is 258 g/mol. The molecule has 20 heavy (non-hydrogen) atoms. The van der Waals surface area contributed by atoms with E-state index in [9.17, 15) is 0 Å². The maximum absolute atomic E-state index is 5.59. The first-order chi connectivity index (χ1) is 9.90. The van der Waals surface area contributed by atoms with Gasteiger partial charge >= 0.3 is 0 Å². The van der Waals surface area contributed by atoms with E-state index in [-0.39, 0.29) is 0 Å². The van der Waals surface area contributed by atoms with E-state index >= 15 is 0 Å². The summed E-state index contributed by atoms with van der Waals surface area (Å²) in [6, 6.07) is 0.789. The molecule has 0 amide bonds. The Morgan fingerprint density at radius 1 is 0.900 bits per heavy atom. The average molecular weight is 287 g/mol. The molecule has 0 unspecified atom stereocenters. The van der Waals surface area contributed by atoms with Gasteiger partial charge in [-0.2, -0.15) is 0 Å². The van der Waals surface area contributed by atoms with Gasteiger partial charge in [0.25, 0.3) is 0 Å². The molecule has 0 radical (unpaired) electrons. The molecule has 2 rings (SSSR count). The largest absolute Gasteiger partial charge is 0.382 e. The SMILES string of the molecule is COCCOCCOCCN1CCN(C2CNC2)CC1. The van der Waals surface area contributed by atoms with Gasteiger partial charge in [0.15, 0.2) is 0 Å². The number of piperazine rings is 1. The van der Waals surface area contributed by atoms with Crippen molar-refractivity contribution in [2.75, 3.05) is 86.0 Å². The van der Waals surface area contributed by atoms with Crippen molar-refractivity contribution in [3.05, 3.63) is 0 Å². The number of methoxy groups -OCH3 is 1. The van der Waals surface area contributed by atoms with Crippen molar-refractivity contribution in [3.63, 3.8) is 0 Å². The molecule has 2 aliphatic heterocycles. The Bertz CT molecular complexity index is 244. The predicted octanol–water partition coefficient (Wildman–Crippen LogP) is -0.745. The Morgan fingerprint density at radius 2 is 1.55 bits per heavy atom. The topological polar surface area (TPSA) is 46.2 Å². The maximum atomic E-state index is 5.59. The highest BCUT2D eigenvalue weighted by molar-refractivity contribution is 4.87. The van der Waals surface area contributed by atoms with Crippen LogP contribution in [-0.4, -0.2) is 102 Å². The minimum absolute atomic E-state index is 0.651. The molecule has 0 spiro atoms. The molecule has 0 aromatic rings. The minimum Gasteiger partial charge on any atom is -0.382 e. The summed E-state index contributed by atoms with van der Waals surface area (Å²) in [5.74, 6) is 0. The number of nitrogens with zero attached hydrogens (tertiary/aromatic N) is 2. The van der Waals surface area contributed by atoms with Crippen LogP contribution in [0.25, 0.3) is 0 Å². The van der Waals surface area contributed by atoms with Gasteiger partial charge in [0.1, 0.15) is 0 Å². The Kier molecular flexibility index (Phi) is 7.79. The van der Waals surface area contributed by atoms with Crippen molar-refractivity contribution < 1.29 is 14.2 Å². The lowest BCUT2D eigenvalue weighted by atomic mass is 10.1. The van der Waals surface area contributed by atoms with E-state index in [1.54, 1.807) is 7.11 Å². The third-order valence-corrected chi connectivity index (χ3v) is 4.04. The zero-order chi connectivity index (χ0) is 14.0. The molecule has 0 atom stereocenters. The van der Waals surface area contributed by atoms with Crippen molar-refractivity contribution in [2.45, 2.75) is 6.04 Å². The Balaban J connectivity index is 1.39. The minimum atomic E-state index is 0.651.